The third-order valence-electron chi connectivity index (χ3n) is 8.38. The predicted molar refractivity (Wildman–Crippen MR) is 133 cm³/mol. The van der Waals surface area contributed by atoms with Gasteiger partial charge in [-0.15, -0.1) is 6.42 Å². The fraction of sp³-hybridized carbons (Fsp3) is 0.586. The summed E-state index contributed by atoms with van der Waals surface area (Å²) in [4.78, 5) is 25.6. The Morgan fingerprint density at radius 3 is 2.64 bits per heavy atom. The van der Waals surface area contributed by atoms with Gasteiger partial charge in [0.15, 0.2) is 0 Å². The molecule has 3 aliphatic rings. The highest BCUT2D eigenvalue weighted by molar-refractivity contribution is 5.87. The van der Waals surface area contributed by atoms with E-state index in [2.05, 4.69) is 20.8 Å². The molecule has 0 radical (unpaired) electrons. The number of carbonyl (C=O) groups is 2. The van der Waals surface area contributed by atoms with E-state index in [1.54, 1.807) is 6.08 Å². The maximum absolute atomic E-state index is 13.0. The standard InChI is InChI=1S/C29H36O7/c1-6-23(30)33-17-25(32)34-22-16-29(18(2)3)27(26-19(4)12-14-21(26)28(22,5)36-29)35-24(31)15-13-20-10-8-7-9-11-20/h1,7-11,13,15,18-19,21-23,26-27,30H,12,14,16-17H2,2-5H3/b15-13+/t19-,21?,22+,23?,26-,27+,28-,29+/m1/s1. The summed E-state index contributed by atoms with van der Waals surface area (Å²) < 4.78 is 23.9. The van der Waals surface area contributed by atoms with Gasteiger partial charge in [-0.3, -0.25) is 0 Å². The molecular formula is C29H36O7. The third kappa shape index (κ3) is 4.82. The molecule has 7 heteroatoms. The highest BCUT2D eigenvalue weighted by Crippen LogP contribution is 2.63. The summed E-state index contributed by atoms with van der Waals surface area (Å²) in [6.45, 7) is 7.85. The fourth-order valence-corrected chi connectivity index (χ4v) is 6.53. The van der Waals surface area contributed by atoms with E-state index in [0.717, 1.165) is 18.4 Å². The van der Waals surface area contributed by atoms with Gasteiger partial charge in [-0.1, -0.05) is 51.1 Å². The zero-order valence-corrected chi connectivity index (χ0v) is 21.4. The van der Waals surface area contributed by atoms with Crippen molar-refractivity contribution >= 4 is 18.0 Å². The molecular weight excluding hydrogens is 460 g/mol. The normalized spacial score (nSPS) is 35.9. The van der Waals surface area contributed by atoms with Crippen LogP contribution in [0.3, 0.4) is 0 Å². The molecule has 8 atom stereocenters. The first-order valence-corrected chi connectivity index (χ1v) is 12.7. The van der Waals surface area contributed by atoms with Gasteiger partial charge in [0.25, 0.3) is 0 Å². The monoisotopic (exact) mass is 496 g/mol. The van der Waals surface area contributed by atoms with Gasteiger partial charge in [0, 0.05) is 18.4 Å². The number of hydrogen-bond donors (Lipinski definition) is 1. The van der Waals surface area contributed by atoms with Crippen molar-refractivity contribution in [3.05, 3.63) is 42.0 Å². The van der Waals surface area contributed by atoms with Crippen molar-refractivity contribution in [3.8, 4) is 12.3 Å². The summed E-state index contributed by atoms with van der Waals surface area (Å²) >= 11 is 0. The molecule has 1 aromatic carbocycles. The Kier molecular flexibility index (Phi) is 7.61. The first-order chi connectivity index (χ1) is 17.1. The minimum Gasteiger partial charge on any atom is -0.457 e. The van der Waals surface area contributed by atoms with Crippen molar-refractivity contribution in [1.82, 2.24) is 0 Å². The lowest BCUT2D eigenvalue weighted by molar-refractivity contribution is -0.265. The zero-order valence-electron chi connectivity index (χ0n) is 21.4. The van der Waals surface area contributed by atoms with E-state index in [-0.39, 0.29) is 17.8 Å². The van der Waals surface area contributed by atoms with E-state index in [9.17, 15) is 14.7 Å². The average molecular weight is 497 g/mol. The molecule has 3 fully saturated rings. The molecule has 1 saturated carbocycles. The summed E-state index contributed by atoms with van der Waals surface area (Å²) in [5.74, 6) is 1.46. The number of esters is 2. The molecule has 0 amide bonds. The fourth-order valence-electron chi connectivity index (χ4n) is 6.53. The number of hydrogen-bond acceptors (Lipinski definition) is 7. The van der Waals surface area contributed by atoms with E-state index in [1.807, 2.05) is 43.2 Å². The second-order valence-corrected chi connectivity index (χ2v) is 10.7. The Morgan fingerprint density at radius 2 is 1.97 bits per heavy atom. The second-order valence-electron chi connectivity index (χ2n) is 10.7. The third-order valence-corrected chi connectivity index (χ3v) is 8.38. The molecule has 7 nitrogen and oxygen atoms in total. The van der Waals surface area contributed by atoms with Gasteiger partial charge in [-0.05, 0) is 55.1 Å². The first kappa shape index (κ1) is 26.4. The molecule has 0 spiro atoms. The Morgan fingerprint density at radius 1 is 1.25 bits per heavy atom. The molecule has 0 aromatic heterocycles. The molecule has 2 aliphatic heterocycles. The molecule has 1 N–H and O–H groups in total. The van der Waals surface area contributed by atoms with Crippen LogP contribution in [0.2, 0.25) is 0 Å². The van der Waals surface area contributed by atoms with Crippen LogP contribution in [-0.2, 0) is 28.5 Å². The first-order valence-electron chi connectivity index (χ1n) is 12.7. The lowest BCUT2D eigenvalue weighted by atomic mass is 9.69. The number of rotatable bonds is 8. The van der Waals surface area contributed by atoms with Gasteiger partial charge in [-0.2, -0.15) is 0 Å². The van der Waals surface area contributed by atoms with Gasteiger partial charge in [0.2, 0.25) is 6.29 Å². The van der Waals surface area contributed by atoms with Gasteiger partial charge in [0.05, 0.1) is 0 Å². The Balaban J connectivity index is 1.59. The number of fused-ring (bicyclic) bond motifs is 4. The molecule has 2 saturated heterocycles. The van der Waals surface area contributed by atoms with Crippen molar-refractivity contribution in [2.45, 2.75) is 76.7 Å². The van der Waals surface area contributed by atoms with Gasteiger partial charge < -0.3 is 24.1 Å². The van der Waals surface area contributed by atoms with Crippen LogP contribution in [0.5, 0.6) is 0 Å². The zero-order chi connectivity index (χ0) is 26.1. The highest BCUT2D eigenvalue weighted by Gasteiger charge is 2.72. The molecule has 194 valence electrons. The Hall–Kier alpha value is -2.66. The Labute approximate surface area is 213 Å². The van der Waals surface area contributed by atoms with Crippen molar-refractivity contribution in [2.75, 3.05) is 6.61 Å². The largest absolute Gasteiger partial charge is 0.457 e. The molecule has 2 heterocycles. The molecule has 1 aromatic rings. The molecule has 36 heavy (non-hydrogen) atoms. The summed E-state index contributed by atoms with van der Waals surface area (Å²) in [5, 5.41) is 9.42. The van der Waals surface area contributed by atoms with Crippen molar-refractivity contribution in [2.24, 2.45) is 23.7 Å². The van der Waals surface area contributed by atoms with Crippen molar-refractivity contribution < 1.29 is 33.6 Å². The molecule has 1 aliphatic carbocycles. The van der Waals surface area contributed by atoms with Gasteiger partial charge >= 0.3 is 11.9 Å². The number of carbonyl (C=O) groups excluding carboxylic acids is 2. The number of ether oxygens (including phenoxy) is 4. The Bertz CT molecular complexity index is 1030. The smallest absolute Gasteiger partial charge is 0.332 e. The number of terminal acetylenes is 1. The maximum Gasteiger partial charge on any atom is 0.332 e. The van der Waals surface area contributed by atoms with E-state index >= 15 is 0 Å². The van der Waals surface area contributed by atoms with E-state index in [0.29, 0.717) is 12.3 Å². The van der Waals surface area contributed by atoms with Crippen LogP contribution in [0.1, 0.15) is 52.5 Å². The van der Waals surface area contributed by atoms with Crippen LogP contribution in [-0.4, -0.2) is 53.4 Å². The van der Waals surface area contributed by atoms with Crippen LogP contribution in [0.15, 0.2) is 36.4 Å². The van der Waals surface area contributed by atoms with E-state index in [1.165, 1.54) is 6.08 Å². The number of aliphatic hydroxyl groups excluding tert-OH is 1. The maximum atomic E-state index is 13.0. The number of benzene rings is 1. The second kappa shape index (κ2) is 10.4. The summed E-state index contributed by atoms with van der Waals surface area (Å²) in [6.07, 6.45) is 8.12. The lowest BCUT2D eigenvalue weighted by Crippen LogP contribution is -2.62. The van der Waals surface area contributed by atoms with E-state index < -0.39 is 48.2 Å². The molecule has 4 rings (SSSR count). The minimum atomic E-state index is -1.47. The lowest BCUT2D eigenvalue weighted by Gasteiger charge is -2.52. The minimum absolute atomic E-state index is 0.00434. The molecule has 2 bridgehead atoms. The van der Waals surface area contributed by atoms with Crippen molar-refractivity contribution in [1.29, 1.82) is 0 Å². The SMILES string of the molecule is C#CC(O)OCC(=O)O[C@H]1C[C@@]2(C(C)C)O[C@]1(C)C1CC[C@@H](C)[C@H]1[C@@H]2OC(=O)/C=C/c1ccccc1. The summed E-state index contributed by atoms with van der Waals surface area (Å²) in [6, 6.07) is 9.60. The van der Waals surface area contributed by atoms with Gasteiger partial charge in [0.1, 0.15) is 30.0 Å². The summed E-state index contributed by atoms with van der Waals surface area (Å²) in [5.41, 5.74) is -0.602. The van der Waals surface area contributed by atoms with Gasteiger partial charge in [-0.25, -0.2) is 9.59 Å². The predicted octanol–water partition coefficient (Wildman–Crippen LogP) is 3.74. The van der Waals surface area contributed by atoms with Crippen molar-refractivity contribution in [3.63, 3.8) is 0 Å². The average Bonchev–Trinajstić information content (AvgIpc) is 3.37. The van der Waals surface area contributed by atoms with Crippen LogP contribution in [0, 0.1) is 36.0 Å². The van der Waals surface area contributed by atoms with Crippen LogP contribution in [0.25, 0.3) is 6.08 Å². The quantitative estimate of drug-likeness (QED) is 0.254. The molecule has 2 unspecified atom stereocenters. The topological polar surface area (TPSA) is 91.3 Å². The number of aliphatic hydroxyl groups is 1. The van der Waals surface area contributed by atoms with Crippen LogP contribution >= 0.6 is 0 Å². The highest BCUT2D eigenvalue weighted by atomic mass is 16.6. The summed E-state index contributed by atoms with van der Waals surface area (Å²) in [7, 11) is 0. The van der Waals surface area contributed by atoms with Crippen LogP contribution < -0.4 is 0 Å². The van der Waals surface area contributed by atoms with Crippen LogP contribution in [0.4, 0.5) is 0 Å². The van der Waals surface area contributed by atoms with E-state index in [4.69, 9.17) is 25.4 Å².